The van der Waals surface area contributed by atoms with Gasteiger partial charge >= 0.3 is 0 Å². The van der Waals surface area contributed by atoms with Crippen molar-refractivity contribution in [1.29, 1.82) is 0 Å². The van der Waals surface area contributed by atoms with E-state index in [2.05, 4.69) is 47.8 Å². The number of anilines is 1. The lowest BCUT2D eigenvalue weighted by Gasteiger charge is -2.11. The predicted molar refractivity (Wildman–Crippen MR) is 118 cm³/mol. The zero-order chi connectivity index (χ0) is 20.2. The molecule has 0 saturated heterocycles. The van der Waals surface area contributed by atoms with Crippen molar-refractivity contribution in [3.05, 3.63) is 90.0 Å². The Labute approximate surface area is 173 Å². The largest absolute Gasteiger partial charge is 0.494 e. The molecule has 4 nitrogen and oxygen atoms in total. The first-order chi connectivity index (χ1) is 14.3. The fraction of sp³-hybridized carbons (Fsp3) is 0.280. The zero-order valence-corrected chi connectivity index (χ0v) is 17.0. The van der Waals surface area contributed by atoms with Crippen LogP contribution in [0.5, 0.6) is 11.5 Å². The highest BCUT2D eigenvalue weighted by atomic mass is 16.5. The van der Waals surface area contributed by atoms with Gasteiger partial charge in [0, 0.05) is 25.4 Å². The van der Waals surface area contributed by atoms with Crippen LogP contribution in [-0.2, 0) is 17.7 Å². The summed E-state index contributed by atoms with van der Waals surface area (Å²) in [4.78, 5) is 0. The van der Waals surface area contributed by atoms with Crippen LogP contribution >= 0.6 is 0 Å². The lowest BCUT2D eigenvalue weighted by Crippen LogP contribution is -2.04. The fourth-order valence-electron chi connectivity index (χ4n) is 2.96. The van der Waals surface area contributed by atoms with Crippen molar-refractivity contribution < 1.29 is 14.2 Å². The van der Waals surface area contributed by atoms with Gasteiger partial charge in [0.15, 0.2) is 0 Å². The van der Waals surface area contributed by atoms with E-state index in [1.807, 2.05) is 36.4 Å². The minimum Gasteiger partial charge on any atom is -0.494 e. The van der Waals surface area contributed by atoms with Crippen LogP contribution in [0.1, 0.15) is 17.5 Å². The monoisotopic (exact) mass is 391 g/mol. The molecule has 0 atom stereocenters. The van der Waals surface area contributed by atoms with Crippen LogP contribution in [0.15, 0.2) is 78.9 Å². The standard InChI is InChI=1S/C25H29NO3/c1-27-17-18-29-24-14-12-22(13-15-24)20-26-23-10-5-11-25(19-23)28-16-6-9-21-7-3-2-4-8-21/h2-5,7-8,10-15,19,26H,6,9,16-18,20H2,1H3. The Balaban J connectivity index is 1.41. The molecular formula is C25H29NO3. The summed E-state index contributed by atoms with van der Waals surface area (Å²) in [6.07, 6.45) is 2.03. The highest BCUT2D eigenvalue weighted by molar-refractivity contribution is 5.48. The fourth-order valence-corrected chi connectivity index (χ4v) is 2.96. The summed E-state index contributed by atoms with van der Waals surface area (Å²) in [7, 11) is 1.67. The first-order valence-corrected chi connectivity index (χ1v) is 10.0. The third-order valence-electron chi connectivity index (χ3n) is 4.53. The van der Waals surface area contributed by atoms with E-state index in [1.165, 1.54) is 11.1 Å². The maximum Gasteiger partial charge on any atom is 0.121 e. The molecule has 0 aliphatic carbocycles. The number of methoxy groups -OCH3 is 1. The molecule has 3 rings (SSSR count). The van der Waals surface area contributed by atoms with Crippen molar-refractivity contribution >= 4 is 5.69 Å². The van der Waals surface area contributed by atoms with Crippen molar-refractivity contribution in [3.63, 3.8) is 0 Å². The summed E-state index contributed by atoms with van der Waals surface area (Å²) in [6, 6.07) is 26.7. The molecule has 0 fully saturated rings. The van der Waals surface area contributed by atoms with E-state index in [0.717, 1.165) is 36.6 Å². The summed E-state index contributed by atoms with van der Waals surface area (Å²) >= 11 is 0. The topological polar surface area (TPSA) is 39.7 Å². The predicted octanol–water partition coefficient (Wildman–Crippen LogP) is 5.34. The summed E-state index contributed by atoms with van der Waals surface area (Å²) < 4.78 is 16.5. The number of aryl methyl sites for hydroxylation is 1. The Bertz CT molecular complexity index is 834. The number of hydrogen-bond acceptors (Lipinski definition) is 4. The molecule has 3 aromatic carbocycles. The SMILES string of the molecule is COCCOc1ccc(CNc2cccc(OCCCc3ccccc3)c2)cc1. The van der Waals surface area contributed by atoms with Crippen molar-refractivity contribution in [2.45, 2.75) is 19.4 Å². The smallest absolute Gasteiger partial charge is 0.121 e. The summed E-state index contributed by atoms with van der Waals surface area (Å²) in [5.41, 5.74) is 3.59. The molecule has 0 aromatic heterocycles. The van der Waals surface area contributed by atoms with Crippen LogP contribution in [-0.4, -0.2) is 26.9 Å². The molecule has 3 aromatic rings. The van der Waals surface area contributed by atoms with Crippen molar-refractivity contribution in [2.24, 2.45) is 0 Å². The first-order valence-electron chi connectivity index (χ1n) is 10.0. The molecule has 0 saturated carbocycles. The third kappa shape index (κ3) is 7.51. The molecular weight excluding hydrogens is 362 g/mol. The first kappa shape index (κ1) is 20.7. The number of nitrogens with one attached hydrogen (secondary N) is 1. The van der Waals surface area contributed by atoms with Crippen LogP contribution < -0.4 is 14.8 Å². The van der Waals surface area contributed by atoms with Crippen LogP contribution in [0.4, 0.5) is 5.69 Å². The molecule has 152 valence electrons. The van der Waals surface area contributed by atoms with Crippen LogP contribution in [0.3, 0.4) is 0 Å². The average Bonchev–Trinajstić information content (AvgIpc) is 2.77. The number of ether oxygens (including phenoxy) is 3. The molecule has 0 amide bonds. The summed E-state index contributed by atoms with van der Waals surface area (Å²) in [6.45, 7) is 2.61. The van der Waals surface area contributed by atoms with Gasteiger partial charge in [-0.2, -0.15) is 0 Å². The third-order valence-corrected chi connectivity index (χ3v) is 4.53. The van der Waals surface area contributed by atoms with E-state index in [4.69, 9.17) is 14.2 Å². The van der Waals surface area contributed by atoms with Gasteiger partial charge in [-0.15, -0.1) is 0 Å². The molecule has 0 aliphatic rings. The minimum atomic E-state index is 0.562. The highest BCUT2D eigenvalue weighted by Crippen LogP contribution is 2.19. The van der Waals surface area contributed by atoms with E-state index in [1.54, 1.807) is 7.11 Å². The quantitative estimate of drug-likeness (QED) is 0.423. The van der Waals surface area contributed by atoms with E-state index >= 15 is 0 Å². The molecule has 0 unspecified atom stereocenters. The molecule has 0 spiro atoms. The van der Waals surface area contributed by atoms with Crippen LogP contribution in [0.25, 0.3) is 0 Å². The Morgan fingerprint density at radius 1 is 0.690 bits per heavy atom. The second-order valence-electron chi connectivity index (χ2n) is 6.80. The van der Waals surface area contributed by atoms with Gasteiger partial charge in [0.2, 0.25) is 0 Å². The lowest BCUT2D eigenvalue weighted by atomic mass is 10.1. The van der Waals surface area contributed by atoms with Gasteiger partial charge in [-0.3, -0.25) is 0 Å². The molecule has 0 bridgehead atoms. The van der Waals surface area contributed by atoms with Gasteiger partial charge in [-0.1, -0.05) is 48.5 Å². The molecule has 4 heteroatoms. The van der Waals surface area contributed by atoms with E-state index < -0.39 is 0 Å². The average molecular weight is 392 g/mol. The van der Waals surface area contributed by atoms with Gasteiger partial charge in [0.1, 0.15) is 18.1 Å². The Hall–Kier alpha value is -2.98. The van der Waals surface area contributed by atoms with Crippen molar-refractivity contribution in [1.82, 2.24) is 0 Å². The van der Waals surface area contributed by atoms with Gasteiger partial charge in [-0.25, -0.2) is 0 Å². The normalized spacial score (nSPS) is 10.5. The van der Waals surface area contributed by atoms with Crippen LogP contribution in [0, 0.1) is 0 Å². The molecule has 1 N–H and O–H groups in total. The Kier molecular flexibility index (Phi) is 8.42. The number of benzene rings is 3. The number of hydrogen-bond donors (Lipinski definition) is 1. The van der Waals surface area contributed by atoms with Gasteiger partial charge < -0.3 is 19.5 Å². The molecule has 29 heavy (non-hydrogen) atoms. The van der Waals surface area contributed by atoms with Gasteiger partial charge in [0.25, 0.3) is 0 Å². The summed E-state index contributed by atoms with van der Waals surface area (Å²) in [5, 5.41) is 3.45. The molecule has 0 aliphatic heterocycles. The summed E-state index contributed by atoms with van der Waals surface area (Å²) in [5.74, 6) is 1.75. The second kappa shape index (κ2) is 11.8. The molecule has 0 radical (unpaired) electrons. The van der Waals surface area contributed by atoms with Crippen molar-refractivity contribution in [2.75, 3.05) is 32.2 Å². The second-order valence-corrected chi connectivity index (χ2v) is 6.80. The van der Waals surface area contributed by atoms with Crippen LogP contribution in [0.2, 0.25) is 0 Å². The Morgan fingerprint density at radius 2 is 1.48 bits per heavy atom. The van der Waals surface area contributed by atoms with E-state index in [9.17, 15) is 0 Å². The zero-order valence-electron chi connectivity index (χ0n) is 17.0. The highest BCUT2D eigenvalue weighted by Gasteiger charge is 2.00. The molecule has 0 heterocycles. The van der Waals surface area contributed by atoms with Crippen molar-refractivity contribution in [3.8, 4) is 11.5 Å². The Morgan fingerprint density at radius 3 is 2.28 bits per heavy atom. The van der Waals surface area contributed by atoms with Gasteiger partial charge in [-0.05, 0) is 48.2 Å². The van der Waals surface area contributed by atoms with E-state index in [-0.39, 0.29) is 0 Å². The van der Waals surface area contributed by atoms with E-state index in [0.29, 0.717) is 19.8 Å². The lowest BCUT2D eigenvalue weighted by molar-refractivity contribution is 0.146. The maximum absolute atomic E-state index is 5.92. The number of rotatable bonds is 12. The maximum atomic E-state index is 5.92. The minimum absolute atomic E-state index is 0.562. The van der Waals surface area contributed by atoms with Gasteiger partial charge in [0.05, 0.1) is 13.2 Å².